The van der Waals surface area contributed by atoms with Crippen LogP contribution in [0.5, 0.6) is 0 Å². The van der Waals surface area contributed by atoms with E-state index in [-0.39, 0.29) is 48.3 Å². The third-order valence-electron chi connectivity index (χ3n) is 5.55. The molecule has 0 aromatic carbocycles. The zero-order chi connectivity index (χ0) is 31.9. The van der Waals surface area contributed by atoms with E-state index in [0.29, 0.717) is 18.2 Å². The molecule has 0 radical (unpaired) electrons. The molecule has 3 unspecified atom stereocenters. The minimum Gasteiger partial charge on any atom is -0.372 e. The molecule has 1 aliphatic heterocycles. The molecule has 1 heterocycles. The van der Waals surface area contributed by atoms with Crippen molar-refractivity contribution in [1.29, 1.82) is 0 Å². The Hall–Kier alpha value is -2.65. The number of Topliss-reactive ketones (excluding diaryl/α,β-unsaturated/α-hetero) is 1. The van der Waals surface area contributed by atoms with Gasteiger partial charge in [-0.1, -0.05) is 67.2 Å². The molecule has 0 spiro atoms. The second-order valence-electron chi connectivity index (χ2n) is 12.3. The van der Waals surface area contributed by atoms with Crippen LogP contribution in [-0.4, -0.2) is 66.2 Å². The lowest BCUT2D eigenvalue weighted by molar-refractivity contribution is -0.130. The van der Waals surface area contributed by atoms with Crippen LogP contribution in [0.4, 0.5) is 4.79 Å². The number of nitrogens with two attached hydrogens (primary N) is 1. The van der Waals surface area contributed by atoms with Crippen molar-refractivity contribution in [2.24, 2.45) is 23.5 Å². The molecule has 0 aromatic rings. The van der Waals surface area contributed by atoms with E-state index in [1.54, 1.807) is 0 Å². The van der Waals surface area contributed by atoms with Crippen LogP contribution >= 0.6 is 0 Å². The summed E-state index contributed by atoms with van der Waals surface area (Å²) in [6.07, 6.45) is 7.68. The predicted molar refractivity (Wildman–Crippen MR) is 164 cm³/mol. The standard InChI is InChI=1S/C13H25N3O2.C9H15NO2.C4H10.C3H8.CH3NO/c1-9-6-10(2)16(8-9)11(17)7-14-12(18)15-13(3,4)5;1-7(12)9(10-6-11)5-8-3-2-4-8;1-4(2)3;1-3-2;2-1-3/h9-10H,6-8H2,1-5H3,(H2,14,15,18);6,8-9H,2-5H2,1H3,(H,10,11);4H,1-3H3;3H2,1-2H3;1H,(H2,2,3). The first-order chi connectivity index (χ1) is 18.5. The van der Waals surface area contributed by atoms with Gasteiger partial charge in [-0.3, -0.25) is 19.2 Å². The molecule has 0 aromatic heterocycles. The number of nitrogens with one attached hydrogen (secondary N) is 3. The van der Waals surface area contributed by atoms with E-state index >= 15 is 0 Å². The summed E-state index contributed by atoms with van der Waals surface area (Å²) < 4.78 is 0. The first kappa shape index (κ1) is 41.8. The molecule has 2 aliphatic rings. The Morgan fingerprint density at radius 3 is 1.82 bits per heavy atom. The van der Waals surface area contributed by atoms with Gasteiger partial charge in [0.15, 0.2) is 5.78 Å². The number of likely N-dealkylation sites (tertiary alicyclic amines) is 1. The minimum atomic E-state index is -0.296. The quantitative estimate of drug-likeness (QED) is 0.334. The molecule has 10 nitrogen and oxygen atoms in total. The zero-order valence-corrected chi connectivity index (χ0v) is 27.3. The van der Waals surface area contributed by atoms with Crippen molar-refractivity contribution in [3.63, 3.8) is 0 Å². The van der Waals surface area contributed by atoms with Crippen molar-refractivity contribution in [3.05, 3.63) is 0 Å². The van der Waals surface area contributed by atoms with Gasteiger partial charge in [0.2, 0.25) is 18.7 Å². The minimum absolute atomic E-state index is 0.00379. The van der Waals surface area contributed by atoms with Gasteiger partial charge < -0.3 is 26.6 Å². The van der Waals surface area contributed by atoms with E-state index in [4.69, 9.17) is 4.79 Å². The molecule has 236 valence electrons. The van der Waals surface area contributed by atoms with Crippen LogP contribution < -0.4 is 21.7 Å². The van der Waals surface area contributed by atoms with Gasteiger partial charge in [-0.15, -0.1) is 0 Å². The molecule has 1 saturated heterocycles. The first-order valence-electron chi connectivity index (χ1n) is 14.7. The van der Waals surface area contributed by atoms with E-state index in [1.807, 2.05) is 25.7 Å². The Labute approximate surface area is 244 Å². The van der Waals surface area contributed by atoms with Gasteiger partial charge >= 0.3 is 6.03 Å². The topological polar surface area (TPSA) is 151 Å². The number of amides is 5. The number of ketones is 1. The molecule has 0 bridgehead atoms. The summed E-state index contributed by atoms with van der Waals surface area (Å²) in [7, 11) is 0. The summed E-state index contributed by atoms with van der Waals surface area (Å²) >= 11 is 0. The smallest absolute Gasteiger partial charge is 0.315 e. The van der Waals surface area contributed by atoms with E-state index < -0.39 is 0 Å². The fraction of sp³-hybridized carbons (Fsp3) is 0.833. The van der Waals surface area contributed by atoms with E-state index in [9.17, 15) is 19.2 Å². The molecule has 40 heavy (non-hydrogen) atoms. The molecule has 2 rings (SSSR count). The molecular weight excluding hydrogens is 510 g/mol. The Morgan fingerprint density at radius 2 is 1.52 bits per heavy atom. The molecule has 5 N–H and O–H groups in total. The van der Waals surface area contributed by atoms with Crippen LogP contribution in [0.3, 0.4) is 0 Å². The maximum absolute atomic E-state index is 12.0. The number of carbonyl (C=O) groups excluding carboxylic acids is 5. The van der Waals surface area contributed by atoms with Crippen LogP contribution in [0.15, 0.2) is 0 Å². The summed E-state index contributed by atoms with van der Waals surface area (Å²) in [6.45, 7) is 23.0. The maximum Gasteiger partial charge on any atom is 0.315 e. The van der Waals surface area contributed by atoms with Gasteiger partial charge in [-0.2, -0.15) is 0 Å². The number of urea groups is 1. The highest BCUT2D eigenvalue weighted by Gasteiger charge is 2.30. The maximum atomic E-state index is 12.0. The molecule has 10 heteroatoms. The van der Waals surface area contributed by atoms with Crippen molar-refractivity contribution in [3.8, 4) is 0 Å². The summed E-state index contributed by atoms with van der Waals surface area (Å²) in [4.78, 5) is 55.1. The van der Waals surface area contributed by atoms with Crippen LogP contribution in [0.1, 0.15) is 115 Å². The number of hydrogen-bond acceptors (Lipinski definition) is 5. The largest absolute Gasteiger partial charge is 0.372 e. The lowest BCUT2D eigenvalue weighted by Crippen LogP contribution is -2.49. The summed E-state index contributed by atoms with van der Waals surface area (Å²) in [6, 6.07) is -0.261. The Morgan fingerprint density at radius 1 is 1.05 bits per heavy atom. The second-order valence-corrected chi connectivity index (χ2v) is 12.3. The lowest BCUT2D eigenvalue weighted by atomic mass is 9.80. The normalized spacial score (nSPS) is 18.2. The highest BCUT2D eigenvalue weighted by atomic mass is 16.2. The summed E-state index contributed by atoms with van der Waals surface area (Å²) in [5, 5.41) is 7.93. The fourth-order valence-electron chi connectivity index (χ4n) is 3.78. The van der Waals surface area contributed by atoms with Gasteiger partial charge in [0.1, 0.15) is 0 Å². The molecule has 2 fully saturated rings. The molecule has 3 atom stereocenters. The monoisotopic (exact) mass is 571 g/mol. The number of nitrogens with zero attached hydrogens (tertiary/aromatic N) is 1. The van der Waals surface area contributed by atoms with Crippen molar-refractivity contribution in [2.45, 2.75) is 132 Å². The molecule has 5 amide bonds. The van der Waals surface area contributed by atoms with Gasteiger partial charge in [0, 0.05) is 18.1 Å². The van der Waals surface area contributed by atoms with Gasteiger partial charge in [0.05, 0.1) is 12.6 Å². The van der Waals surface area contributed by atoms with Gasteiger partial charge in [-0.25, -0.2) is 4.79 Å². The zero-order valence-electron chi connectivity index (χ0n) is 27.3. The summed E-state index contributed by atoms with van der Waals surface area (Å²) in [5.74, 6) is 2.10. The lowest BCUT2D eigenvalue weighted by Gasteiger charge is -2.28. The van der Waals surface area contributed by atoms with Crippen molar-refractivity contribution in [1.82, 2.24) is 20.9 Å². The molecule has 1 aliphatic carbocycles. The van der Waals surface area contributed by atoms with Gasteiger partial charge in [-0.05, 0) is 65.2 Å². The third-order valence-corrected chi connectivity index (χ3v) is 5.55. The SMILES string of the molecule is CC(=O)C(CC1CCC1)NC=O.CC(C)C.CC1CC(C)N(C(=O)CNC(=O)NC(C)(C)C)C1.CCC.NC=O. The Kier molecular flexibility index (Phi) is 25.3. The average Bonchev–Trinajstić information content (AvgIpc) is 3.11. The van der Waals surface area contributed by atoms with E-state index in [0.717, 1.165) is 25.3 Å². The Bertz CT molecular complexity index is 702. The van der Waals surface area contributed by atoms with Crippen molar-refractivity contribution in [2.75, 3.05) is 13.1 Å². The number of hydrogen-bond donors (Lipinski definition) is 4. The highest BCUT2D eigenvalue weighted by Crippen LogP contribution is 2.30. The van der Waals surface area contributed by atoms with Crippen molar-refractivity contribution >= 4 is 30.5 Å². The Balaban J connectivity index is -0.000000532. The van der Waals surface area contributed by atoms with Crippen LogP contribution in [0.2, 0.25) is 0 Å². The van der Waals surface area contributed by atoms with Crippen molar-refractivity contribution < 1.29 is 24.0 Å². The van der Waals surface area contributed by atoms with Crippen LogP contribution in [0, 0.1) is 17.8 Å². The van der Waals surface area contributed by atoms with Crippen LogP contribution in [0.25, 0.3) is 0 Å². The second kappa shape index (κ2) is 24.2. The van der Waals surface area contributed by atoms with Gasteiger partial charge in [0.25, 0.3) is 0 Å². The number of rotatable bonds is 7. The average molecular weight is 572 g/mol. The van der Waals surface area contributed by atoms with Crippen LogP contribution in [-0.2, 0) is 19.2 Å². The third kappa shape index (κ3) is 25.6. The van der Waals surface area contributed by atoms with E-state index in [2.05, 4.69) is 70.2 Å². The predicted octanol–water partition coefficient (Wildman–Crippen LogP) is 4.40. The molecule has 1 saturated carbocycles. The first-order valence-corrected chi connectivity index (χ1v) is 14.7. The summed E-state index contributed by atoms with van der Waals surface area (Å²) in [5.41, 5.74) is 3.88. The number of primary amides is 1. The number of carbonyl (C=O) groups is 5. The fourth-order valence-corrected chi connectivity index (χ4v) is 3.78. The van der Waals surface area contributed by atoms with E-state index in [1.165, 1.54) is 32.6 Å². The highest BCUT2D eigenvalue weighted by molar-refractivity contribution is 5.84. The molecular formula is C30H61N5O5.